The maximum atomic E-state index is 9.75. The monoisotopic (exact) mass is 2340 g/mol. The number of rotatable bonds is 18. The van der Waals surface area contributed by atoms with Gasteiger partial charge in [-0.25, -0.2) is 0 Å². The summed E-state index contributed by atoms with van der Waals surface area (Å²) in [4.78, 5) is 0. The standard InChI is InChI=1S/6C9H21P.CH3.6Au.2BF4/c6*1-7(2)10(8(3)4)9(5)6;;;;;;;;2*2-1(3,4)5/h6*7-9H,1-6H3;1H3;;;;;;;;/q;;;;;;-1;;;;3*+1;2*-1/p+6. The van der Waals surface area contributed by atoms with Gasteiger partial charge in [0.25, 0.3) is 0 Å². The summed E-state index contributed by atoms with van der Waals surface area (Å²) >= 11 is 0. The first-order valence-electron chi connectivity index (χ1n) is 27.7. The summed E-state index contributed by atoms with van der Waals surface area (Å²) in [6.45, 7) is 85.3. The van der Waals surface area contributed by atoms with E-state index in [1.54, 1.807) is 0 Å². The van der Waals surface area contributed by atoms with Crippen LogP contribution >= 0.6 is 47.5 Å². The van der Waals surface area contributed by atoms with Gasteiger partial charge < -0.3 is 42.0 Å². The van der Waals surface area contributed by atoms with Crippen molar-refractivity contribution in [1.29, 1.82) is 0 Å². The molecular weight excluding hydrogens is 2200 g/mol. The molecule has 0 nitrogen and oxygen atoms in total. The second-order valence-electron chi connectivity index (χ2n) is 24.8. The van der Waals surface area contributed by atoms with E-state index in [2.05, 4.69) is 249 Å². The molecule has 0 heterocycles. The van der Waals surface area contributed by atoms with Crippen LogP contribution in [0.15, 0.2) is 0 Å². The maximum absolute atomic E-state index is 9.75. The molecule has 0 saturated carbocycles. The van der Waals surface area contributed by atoms with E-state index in [0.29, 0.717) is 0 Å². The van der Waals surface area contributed by atoms with Crippen LogP contribution < -0.4 is 0 Å². The molecule has 0 saturated heterocycles. The Balaban J connectivity index is -0.0000000437. The fraction of sp³-hybridized carbons (Fsp3) is 0.982. The molecule has 0 bridgehead atoms. The van der Waals surface area contributed by atoms with E-state index in [1.807, 2.05) is 0 Å². The molecule has 0 aromatic heterocycles. The van der Waals surface area contributed by atoms with Gasteiger partial charge in [0.15, 0.2) is 0 Å². The van der Waals surface area contributed by atoms with Crippen LogP contribution in [-0.2, 0) is 134 Å². The van der Waals surface area contributed by atoms with Crippen LogP contribution in [0, 0.1) is 7.43 Å². The smallest absolute Gasteiger partial charge is 0.418 e. The van der Waals surface area contributed by atoms with Crippen molar-refractivity contribution in [2.24, 2.45) is 0 Å². The molecule has 0 aromatic carbocycles. The van der Waals surface area contributed by atoms with Gasteiger partial charge in [0.2, 0.25) is 0 Å². The van der Waals surface area contributed by atoms with Crippen LogP contribution in [0.5, 0.6) is 0 Å². The van der Waals surface area contributed by atoms with Gasteiger partial charge in [0.05, 0.1) is 102 Å². The van der Waals surface area contributed by atoms with Crippen LogP contribution in [0.2, 0.25) is 0 Å². The summed E-state index contributed by atoms with van der Waals surface area (Å²) in [7, 11) is -12.6. The van der Waals surface area contributed by atoms with Crippen LogP contribution in [-0.4, -0.2) is 116 Å². The molecule has 0 N–H and O–H groups in total. The molecule has 0 atom stereocenters. The Bertz CT molecular complexity index is 802. The first-order valence-corrected chi connectivity index (χ1v) is 38.1. The van der Waals surface area contributed by atoms with E-state index in [0.717, 1.165) is 102 Å². The van der Waals surface area contributed by atoms with E-state index in [-0.39, 0.29) is 189 Å². The van der Waals surface area contributed by atoms with Gasteiger partial charge in [0, 0.05) is 115 Å². The van der Waals surface area contributed by atoms with Crippen LogP contribution in [0.3, 0.4) is 0 Å². The van der Waals surface area contributed by atoms with Gasteiger partial charge in [-0.05, 0) is 249 Å². The van der Waals surface area contributed by atoms with E-state index in [1.165, 1.54) is 0 Å². The van der Waals surface area contributed by atoms with E-state index < -0.39 is 14.5 Å². The Morgan fingerprint density at radius 1 is 0.169 bits per heavy atom. The second kappa shape index (κ2) is 67.0. The fourth-order valence-corrected chi connectivity index (χ4v) is 36.0. The molecule has 0 rings (SSSR count). The predicted molar refractivity (Wildman–Crippen MR) is 349 cm³/mol. The summed E-state index contributed by atoms with van der Waals surface area (Å²) in [6, 6.07) is 0. The third-order valence-corrected chi connectivity index (χ3v) is 36.0. The normalized spacial score (nSPS) is 11.4. The minimum Gasteiger partial charge on any atom is -0.418 e. The van der Waals surface area contributed by atoms with Crippen LogP contribution in [0.25, 0.3) is 0 Å². The molecule has 0 aliphatic carbocycles. The maximum Gasteiger partial charge on any atom is 1.00 e. The molecule has 0 aliphatic rings. The zero-order valence-electron chi connectivity index (χ0n) is 56.4. The van der Waals surface area contributed by atoms with Crippen molar-refractivity contribution >= 4 is 62.0 Å². The van der Waals surface area contributed by atoms with Crippen molar-refractivity contribution in [1.82, 2.24) is 0 Å². The molecule has 0 aromatic rings. The van der Waals surface area contributed by atoms with Crippen LogP contribution in [0.4, 0.5) is 34.5 Å². The van der Waals surface area contributed by atoms with Crippen molar-refractivity contribution < 1.29 is 169 Å². The number of hydrogen-bond donors (Lipinski definition) is 0. The summed E-state index contributed by atoms with van der Waals surface area (Å²) < 4.78 is 78.0. The fourth-order valence-electron chi connectivity index (χ4n) is 12.0. The van der Waals surface area contributed by atoms with Crippen molar-refractivity contribution in [3.8, 4) is 0 Å². The van der Waals surface area contributed by atoms with E-state index in [9.17, 15) is 34.5 Å². The Labute approximate surface area is 582 Å². The zero-order valence-corrected chi connectivity index (χ0v) is 75.4. The molecule has 3 radical (unpaired) electrons. The van der Waals surface area contributed by atoms with Gasteiger partial charge in [-0.3, -0.25) is 0 Å². The van der Waals surface area contributed by atoms with Crippen LogP contribution in [0.1, 0.15) is 249 Å². The summed E-state index contributed by atoms with van der Waals surface area (Å²) in [5, 5.41) is 0. The largest absolute Gasteiger partial charge is 1.00 e. The number of halogens is 8. The Kier molecular flexibility index (Phi) is 105. The molecule has 0 spiro atoms. The van der Waals surface area contributed by atoms with Crippen molar-refractivity contribution in [2.75, 3.05) is 0 Å². The van der Waals surface area contributed by atoms with Gasteiger partial charge in [-0.15, -0.1) is 0 Å². The first kappa shape index (κ1) is 121. The second-order valence-corrected chi connectivity index (χ2v) is 51.6. The van der Waals surface area contributed by atoms with Gasteiger partial charge >= 0.3 is 81.6 Å². The molecule has 507 valence electrons. The van der Waals surface area contributed by atoms with E-state index in [4.69, 9.17) is 0 Å². The minimum atomic E-state index is -6.00. The van der Waals surface area contributed by atoms with Crippen molar-refractivity contribution in [3.63, 3.8) is 0 Å². The molecule has 0 amide bonds. The molecule has 22 heteroatoms. The summed E-state index contributed by atoms with van der Waals surface area (Å²) in [5.41, 5.74) is 16.8. The molecular formula is C55H135Au6B2F8P6+6. The zero-order chi connectivity index (χ0) is 58.9. The average molecular weight is 2340 g/mol. The molecule has 0 unspecified atom stereocenters. The predicted octanol–water partition coefficient (Wildman–Crippen LogP) is 23.6. The number of hydrogen-bond acceptors (Lipinski definition) is 0. The summed E-state index contributed by atoms with van der Waals surface area (Å²) in [5.74, 6) is 0. The quantitative estimate of drug-likeness (QED) is 0.0555. The van der Waals surface area contributed by atoms with Crippen molar-refractivity contribution in [2.45, 2.75) is 351 Å². The van der Waals surface area contributed by atoms with Gasteiger partial charge in [-0.2, -0.15) is 0 Å². The SMILES string of the molecule is CC(C)[PH+](C(C)C)C(C)C.CC(C)[PH+](C(C)C)C(C)C.CC(C)[PH+](C(C)C)C(C)C.CC(C)[PH+](C(C)C)C(C)C.CC(C)[PH+](C(C)C)C(C)C.CC(C)[PH+](C(C)C)C(C)C.F[B-](F)(F)F.F[B-](F)(F)F.[Au+].[Au+].[Au+].[Au].[Au].[Au].[CH3-]. The third kappa shape index (κ3) is 86.8. The first-order chi connectivity index (χ1) is 30.8. The molecule has 0 fully saturated rings. The topological polar surface area (TPSA) is 0 Å². The molecule has 77 heavy (non-hydrogen) atoms. The molecule has 0 aliphatic heterocycles. The summed E-state index contributed by atoms with van der Waals surface area (Å²) in [6.07, 6.45) is 0. The third-order valence-electron chi connectivity index (χ3n) is 12.0. The van der Waals surface area contributed by atoms with E-state index >= 15 is 0 Å². The Hall–Kier alpha value is 6.59. The van der Waals surface area contributed by atoms with Crippen molar-refractivity contribution in [3.05, 3.63) is 7.43 Å². The Morgan fingerprint density at radius 2 is 0.195 bits per heavy atom. The minimum absolute atomic E-state index is 0. The van der Waals surface area contributed by atoms with Gasteiger partial charge in [0.1, 0.15) is 0 Å². The Morgan fingerprint density at radius 3 is 0.195 bits per heavy atom. The van der Waals surface area contributed by atoms with Gasteiger partial charge in [-0.1, -0.05) is 0 Å². The average Bonchev–Trinajstić information content (AvgIpc) is 3.01.